The Bertz CT molecular complexity index is 2570. The molecule has 0 saturated carbocycles. The smallest absolute Gasteiger partial charge is 0.135 e. The van der Waals surface area contributed by atoms with Crippen LogP contribution in [-0.4, -0.2) is 5.71 Å². The zero-order valence-electron chi connectivity index (χ0n) is 28.8. The molecule has 0 radical (unpaired) electrons. The van der Waals surface area contributed by atoms with Crippen LogP contribution in [0.5, 0.6) is 0 Å². The van der Waals surface area contributed by atoms with Crippen LogP contribution in [-0.2, 0) is 0 Å². The molecule has 7 aromatic carbocycles. The summed E-state index contributed by atoms with van der Waals surface area (Å²) in [6.07, 6.45) is 4.37. The molecule has 0 aliphatic heterocycles. The standard InChI is InChI=1S/C49H37NO/c1-3-35(37-18-9-5-10-19-37)33-47(50-34(2)36-16-7-4-8-17-36)42-26-28-43(38-20-11-6-12-21-38)45(32-42)41-23-15-22-39(30-41)40-27-29-49-46(31-40)44-24-13-14-25-48(44)51-49/h3-33H,1-2H3/b35-3+,47-33-,50-34?. The molecule has 8 rings (SSSR count). The van der Waals surface area contributed by atoms with Gasteiger partial charge in [0, 0.05) is 22.0 Å². The summed E-state index contributed by atoms with van der Waals surface area (Å²) in [5.41, 5.74) is 15.0. The first kappa shape index (κ1) is 31.7. The molecule has 0 spiro atoms. The lowest BCUT2D eigenvalue weighted by molar-refractivity contribution is 0.669. The molecule has 2 heteroatoms. The Morgan fingerprint density at radius 2 is 1.10 bits per heavy atom. The van der Waals surface area contributed by atoms with Gasteiger partial charge in [0.25, 0.3) is 0 Å². The van der Waals surface area contributed by atoms with Gasteiger partial charge in [-0.3, -0.25) is 4.99 Å². The minimum atomic E-state index is 0.900. The number of allylic oxidation sites excluding steroid dienone is 3. The summed E-state index contributed by atoms with van der Waals surface area (Å²) < 4.78 is 6.14. The van der Waals surface area contributed by atoms with Crippen LogP contribution in [0.4, 0.5) is 0 Å². The maximum atomic E-state index is 6.14. The SMILES string of the molecule is C/C=C(\C=C(/N=C(C)c1ccccc1)c1ccc(-c2ccccc2)c(-c2cccc(-c3ccc4oc5ccccc5c4c3)c2)c1)c1ccccc1. The van der Waals surface area contributed by atoms with Gasteiger partial charge < -0.3 is 4.42 Å². The Morgan fingerprint density at radius 3 is 1.86 bits per heavy atom. The zero-order chi connectivity index (χ0) is 34.6. The second kappa shape index (κ2) is 14.2. The quantitative estimate of drug-likeness (QED) is 0.118. The predicted molar refractivity (Wildman–Crippen MR) is 217 cm³/mol. The lowest BCUT2D eigenvalue weighted by Crippen LogP contribution is -1.97. The summed E-state index contributed by atoms with van der Waals surface area (Å²) in [4.78, 5) is 5.31. The third-order valence-electron chi connectivity index (χ3n) is 9.47. The Labute approximate surface area is 299 Å². The van der Waals surface area contributed by atoms with Crippen molar-refractivity contribution in [2.24, 2.45) is 4.99 Å². The van der Waals surface area contributed by atoms with Gasteiger partial charge >= 0.3 is 0 Å². The fraction of sp³-hybridized carbons (Fsp3) is 0.0408. The van der Waals surface area contributed by atoms with Crippen molar-refractivity contribution >= 4 is 38.9 Å². The molecule has 0 bridgehead atoms. The Kier molecular flexibility index (Phi) is 8.81. The van der Waals surface area contributed by atoms with Crippen LogP contribution in [0.3, 0.4) is 0 Å². The van der Waals surface area contributed by atoms with Gasteiger partial charge in [0.15, 0.2) is 0 Å². The molecular formula is C49H37NO. The fourth-order valence-electron chi connectivity index (χ4n) is 6.80. The highest BCUT2D eigenvalue weighted by Crippen LogP contribution is 2.38. The largest absolute Gasteiger partial charge is 0.456 e. The summed E-state index contributed by atoms with van der Waals surface area (Å²) >= 11 is 0. The lowest BCUT2D eigenvalue weighted by Gasteiger charge is -2.15. The van der Waals surface area contributed by atoms with Crippen molar-refractivity contribution in [1.29, 1.82) is 0 Å². The minimum Gasteiger partial charge on any atom is -0.456 e. The molecule has 1 aromatic heterocycles. The average Bonchev–Trinajstić information content (AvgIpc) is 3.58. The molecule has 0 aliphatic rings. The van der Waals surface area contributed by atoms with Gasteiger partial charge in [0.2, 0.25) is 0 Å². The molecule has 0 unspecified atom stereocenters. The van der Waals surface area contributed by atoms with E-state index in [1.54, 1.807) is 0 Å². The number of hydrogen-bond acceptors (Lipinski definition) is 2. The number of nitrogens with zero attached hydrogens (tertiary/aromatic N) is 1. The number of para-hydroxylation sites is 1. The van der Waals surface area contributed by atoms with Crippen LogP contribution in [0.1, 0.15) is 30.5 Å². The van der Waals surface area contributed by atoms with Crippen molar-refractivity contribution in [3.63, 3.8) is 0 Å². The maximum Gasteiger partial charge on any atom is 0.135 e. The van der Waals surface area contributed by atoms with Gasteiger partial charge in [-0.15, -0.1) is 0 Å². The van der Waals surface area contributed by atoms with Gasteiger partial charge in [0.05, 0.1) is 5.70 Å². The Hall–Kier alpha value is -6.51. The Balaban J connectivity index is 1.29. The monoisotopic (exact) mass is 655 g/mol. The molecule has 244 valence electrons. The zero-order valence-corrected chi connectivity index (χ0v) is 28.8. The van der Waals surface area contributed by atoms with E-state index in [1.807, 2.05) is 18.2 Å². The maximum absolute atomic E-state index is 6.14. The number of rotatable bonds is 8. The van der Waals surface area contributed by atoms with Crippen LogP contribution in [0, 0.1) is 0 Å². The van der Waals surface area contributed by atoms with Gasteiger partial charge in [-0.1, -0.05) is 152 Å². The number of aliphatic imine (C=N–C) groups is 1. The highest BCUT2D eigenvalue weighted by molar-refractivity contribution is 6.06. The molecule has 0 aliphatic carbocycles. The lowest BCUT2D eigenvalue weighted by atomic mass is 9.90. The van der Waals surface area contributed by atoms with Crippen molar-refractivity contribution in [2.45, 2.75) is 13.8 Å². The van der Waals surface area contributed by atoms with Gasteiger partial charge in [-0.25, -0.2) is 0 Å². The summed E-state index contributed by atoms with van der Waals surface area (Å²) in [7, 11) is 0. The second-order valence-electron chi connectivity index (χ2n) is 12.7. The molecule has 0 saturated heterocycles. The van der Waals surface area contributed by atoms with Gasteiger partial charge in [0.1, 0.15) is 11.2 Å². The van der Waals surface area contributed by atoms with E-state index < -0.39 is 0 Å². The fourth-order valence-corrected chi connectivity index (χ4v) is 6.80. The minimum absolute atomic E-state index is 0.900. The second-order valence-corrected chi connectivity index (χ2v) is 12.7. The molecule has 0 fully saturated rings. The van der Waals surface area contributed by atoms with Crippen LogP contribution in [0.15, 0.2) is 197 Å². The van der Waals surface area contributed by atoms with Crippen molar-refractivity contribution in [3.8, 4) is 33.4 Å². The van der Waals surface area contributed by atoms with Crippen molar-refractivity contribution in [2.75, 3.05) is 0 Å². The van der Waals surface area contributed by atoms with Crippen molar-refractivity contribution < 1.29 is 4.42 Å². The summed E-state index contributed by atoms with van der Waals surface area (Å²) in [6, 6.07) is 61.9. The molecule has 0 N–H and O–H groups in total. The van der Waals surface area contributed by atoms with Gasteiger partial charge in [-0.2, -0.15) is 0 Å². The number of fused-ring (bicyclic) bond motifs is 3. The van der Waals surface area contributed by atoms with Gasteiger partial charge in [-0.05, 0) is 100 Å². The van der Waals surface area contributed by atoms with E-state index in [-0.39, 0.29) is 0 Å². The summed E-state index contributed by atoms with van der Waals surface area (Å²) in [5.74, 6) is 0. The van der Waals surface area contributed by atoms with E-state index in [4.69, 9.17) is 9.41 Å². The Morgan fingerprint density at radius 1 is 0.471 bits per heavy atom. The van der Waals surface area contributed by atoms with E-state index >= 15 is 0 Å². The highest BCUT2D eigenvalue weighted by Gasteiger charge is 2.14. The summed E-state index contributed by atoms with van der Waals surface area (Å²) in [6.45, 7) is 4.17. The number of hydrogen-bond donors (Lipinski definition) is 0. The van der Waals surface area contributed by atoms with Crippen molar-refractivity contribution in [3.05, 3.63) is 205 Å². The molecular weight excluding hydrogens is 619 g/mol. The van der Waals surface area contributed by atoms with E-state index in [0.717, 1.165) is 77.9 Å². The van der Waals surface area contributed by atoms with Crippen molar-refractivity contribution in [1.82, 2.24) is 0 Å². The van der Waals surface area contributed by atoms with Crippen LogP contribution >= 0.6 is 0 Å². The molecule has 2 nitrogen and oxygen atoms in total. The molecule has 8 aromatic rings. The predicted octanol–water partition coefficient (Wildman–Crippen LogP) is 13.5. The molecule has 0 atom stereocenters. The number of furan rings is 1. The van der Waals surface area contributed by atoms with Crippen LogP contribution in [0.2, 0.25) is 0 Å². The highest BCUT2D eigenvalue weighted by atomic mass is 16.3. The molecule has 1 heterocycles. The first-order valence-corrected chi connectivity index (χ1v) is 17.4. The van der Waals surface area contributed by atoms with Crippen LogP contribution in [0.25, 0.3) is 66.6 Å². The normalized spacial score (nSPS) is 12.5. The average molecular weight is 656 g/mol. The molecule has 51 heavy (non-hydrogen) atoms. The number of benzene rings is 7. The summed E-state index contributed by atoms with van der Waals surface area (Å²) in [5, 5.41) is 2.26. The third kappa shape index (κ3) is 6.60. The first-order chi connectivity index (χ1) is 25.1. The molecule has 0 amide bonds. The van der Waals surface area contributed by atoms with E-state index in [1.165, 1.54) is 11.1 Å². The first-order valence-electron chi connectivity index (χ1n) is 17.4. The van der Waals surface area contributed by atoms with E-state index in [9.17, 15) is 0 Å². The van der Waals surface area contributed by atoms with Crippen LogP contribution < -0.4 is 0 Å². The topological polar surface area (TPSA) is 25.5 Å². The van der Waals surface area contributed by atoms with E-state index in [2.05, 4.69) is 184 Å². The van der Waals surface area contributed by atoms with E-state index in [0.29, 0.717) is 0 Å². The third-order valence-corrected chi connectivity index (χ3v) is 9.47.